The smallest absolute Gasteiger partial charge is 0.192 e. The molecule has 1 aliphatic heterocycles. The van der Waals surface area contributed by atoms with E-state index >= 15 is 0 Å². The van der Waals surface area contributed by atoms with Gasteiger partial charge in [0.25, 0.3) is 0 Å². The Bertz CT molecular complexity index is 391. The predicted molar refractivity (Wildman–Crippen MR) is 55.1 cm³/mol. The minimum Gasteiger partial charge on any atom is -0.370 e. The summed E-state index contributed by atoms with van der Waals surface area (Å²) >= 11 is 0. The van der Waals surface area contributed by atoms with Gasteiger partial charge in [0.15, 0.2) is 11.8 Å². The number of hydrogen-bond acceptors (Lipinski definition) is 3. The van der Waals surface area contributed by atoms with E-state index in [1.54, 1.807) is 6.33 Å². The van der Waals surface area contributed by atoms with Crippen molar-refractivity contribution >= 4 is 5.96 Å². The highest BCUT2D eigenvalue weighted by atomic mass is 15.4. The highest BCUT2D eigenvalue weighted by Gasteiger charge is 2.24. The second-order valence-corrected chi connectivity index (χ2v) is 4.08. The van der Waals surface area contributed by atoms with Gasteiger partial charge in [-0.25, -0.2) is 4.99 Å². The summed E-state index contributed by atoms with van der Waals surface area (Å²) in [5.74, 6) is 1.63. The number of aromatic nitrogens is 3. The number of nitrogens with two attached hydrogens (primary N) is 1. The molecule has 0 aromatic carbocycles. The molecule has 2 aliphatic rings. The van der Waals surface area contributed by atoms with E-state index in [4.69, 9.17) is 5.73 Å². The number of hydrogen-bond donors (Lipinski definition) is 1. The van der Waals surface area contributed by atoms with Gasteiger partial charge < -0.3 is 15.2 Å². The number of fused-ring (bicyclic) bond motifs is 1. The maximum Gasteiger partial charge on any atom is 0.192 e. The Balaban J connectivity index is 1.74. The van der Waals surface area contributed by atoms with Gasteiger partial charge >= 0.3 is 0 Å². The first kappa shape index (κ1) is 8.70. The van der Waals surface area contributed by atoms with Gasteiger partial charge in [0, 0.05) is 13.1 Å². The summed E-state index contributed by atoms with van der Waals surface area (Å²) in [7, 11) is 0. The van der Waals surface area contributed by atoms with Crippen LogP contribution in [0.4, 0.5) is 0 Å². The number of aliphatic imine (C=N–C) groups is 1. The van der Waals surface area contributed by atoms with Crippen LogP contribution in [0.1, 0.15) is 18.7 Å². The molecule has 80 valence electrons. The first-order valence-corrected chi connectivity index (χ1v) is 5.28. The van der Waals surface area contributed by atoms with Crippen LogP contribution in [0.3, 0.4) is 0 Å². The summed E-state index contributed by atoms with van der Waals surface area (Å²) in [5.41, 5.74) is 5.93. The van der Waals surface area contributed by atoms with E-state index in [2.05, 4.69) is 24.7 Å². The molecule has 0 radical (unpaired) electrons. The fourth-order valence-electron chi connectivity index (χ4n) is 1.73. The average molecular weight is 206 g/mol. The van der Waals surface area contributed by atoms with Gasteiger partial charge in [-0.1, -0.05) is 0 Å². The van der Waals surface area contributed by atoms with Gasteiger partial charge in [-0.05, 0) is 12.8 Å². The lowest BCUT2D eigenvalue weighted by Gasteiger charge is -2.27. The minimum atomic E-state index is 0.477. The molecule has 1 aliphatic carbocycles. The lowest BCUT2D eigenvalue weighted by atomic mass is 10.4. The summed E-state index contributed by atoms with van der Waals surface area (Å²) in [4.78, 5) is 6.50. The van der Waals surface area contributed by atoms with Crippen molar-refractivity contribution in [3.63, 3.8) is 0 Å². The summed E-state index contributed by atoms with van der Waals surface area (Å²) in [6, 6.07) is 0.477. The predicted octanol–water partition coefficient (Wildman–Crippen LogP) is -0.429. The maximum atomic E-state index is 5.93. The highest BCUT2D eigenvalue weighted by molar-refractivity contribution is 5.78. The molecule has 15 heavy (non-hydrogen) atoms. The molecular formula is C9H14N6. The zero-order valence-electron chi connectivity index (χ0n) is 8.50. The maximum absolute atomic E-state index is 5.93. The molecule has 0 atom stereocenters. The summed E-state index contributed by atoms with van der Waals surface area (Å²) in [6.07, 6.45) is 4.14. The zero-order valence-corrected chi connectivity index (χ0v) is 8.50. The van der Waals surface area contributed by atoms with Crippen LogP contribution < -0.4 is 5.73 Å². The topological polar surface area (TPSA) is 72.3 Å². The normalized spacial score (nSPS) is 21.6. The molecule has 0 amide bonds. The van der Waals surface area contributed by atoms with E-state index in [1.165, 1.54) is 12.8 Å². The first-order valence-electron chi connectivity index (χ1n) is 5.28. The third kappa shape index (κ3) is 1.67. The van der Waals surface area contributed by atoms with Crippen LogP contribution in [0.2, 0.25) is 0 Å². The fraction of sp³-hybridized carbons (Fsp3) is 0.667. The van der Waals surface area contributed by atoms with E-state index in [-0.39, 0.29) is 0 Å². The Morgan fingerprint density at radius 1 is 1.47 bits per heavy atom. The molecule has 1 fully saturated rings. The van der Waals surface area contributed by atoms with Gasteiger partial charge in [0.05, 0.1) is 12.6 Å². The SMILES string of the molecule is NC(=NC1CC1)N1CCn2cnnc2C1. The van der Waals surface area contributed by atoms with Crippen LogP contribution >= 0.6 is 0 Å². The fourth-order valence-corrected chi connectivity index (χ4v) is 1.73. The molecule has 6 nitrogen and oxygen atoms in total. The molecule has 0 unspecified atom stereocenters. The Morgan fingerprint density at radius 2 is 2.33 bits per heavy atom. The minimum absolute atomic E-state index is 0.477. The molecule has 6 heteroatoms. The Kier molecular flexibility index (Phi) is 1.87. The number of guanidine groups is 1. The second kappa shape index (κ2) is 3.22. The van der Waals surface area contributed by atoms with Gasteiger partial charge in [0.1, 0.15) is 6.33 Å². The van der Waals surface area contributed by atoms with E-state index in [0.29, 0.717) is 12.0 Å². The van der Waals surface area contributed by atoms with Crippen molar-refractivity contribution in [1.82, 2.24) is 19.7 Å². The molecule has 1 aromatic heterocycles. The molecule has 0 bridgehead atoms. The van der Waals surface area contributed by atoms with E-state index in [9.17, 15) is 0 Å². The van der Waals surface area contributed by atoms with Crippen LogP contribution in [0, 0.1) is 0 Å². The Hall–Kier alpha value is -1.59. The Labute approximate surface area is 87.8 Å². The van der Waals surface area contributed by atoms with Gasteiger partial charge in [-0.2, -0.15) is 0 Å². The zero-order chi connectivity index (χ0) is 10.3. The molecular weight excluding hydrogens is 192 g/mol. The summed E-state index contributed by atoms with van der Waals surface area (Å²) in [6.45, 7) is 2.51. The molecule has 1 aromatic rings. The van der Waals surface area contributed by atoms with Gasteiger partial charge in [-0.3, -0.25) is 0 Å². The molecule has 3 rings (SSSR count). The summed E-state index contributed by atoms with van der Waals surface area (Å²) in [5, 5.41) is 7.92. The third-order valence-corrected chi connectivity index (χ3v) is 2.82. The molecule has 1 saturated carbocycles. The number of nitrogens with zero attached hydrogens (tertiary/aromatic N) is 5. The van der Waals surface area contributed by atoms with Gasteiger partial charge in [-0.15, -0.1) is 10.2 Å². The van der Waals surface area contributed by atoms with Crippen LogP contribution in [0.5, 0.6) is 0 Å². The van der Waals surface area contributed by atoms with Crippen molar-refractivity contribution in [2.75, 3.05) is 6.54 Å². The van der Waals surface area contributed by atoms with Crippen molar-refractivity contribution < 1.29 is 0 Å². The van der Waals surface area contributed by atoms with Crippen molar-refractivity contribution in [2.45, 2.75) is 32.0 Å². The molecule has 0 saturated heterocycles. The molecule has 2 heterocycles. The average Bonchev–Trinajstić information content (AvgIpc) is 2.94. The van der Waals surface area contributed by atoms with Crippen LogP contribution in [0.15, 0.2) is 11.3 Å². The van der Waals surface area contributed by atoms with E-state index < -0.39 is 0 Å². The van der Waals surface area contributed by atoms with Gasteiger partial charge in [0.2, 0.25) is 0 Å². The van der Waals surface area contributed by atoms with Crippen LogP contribution in [0.25, 0.3) is 0 Å². The second-order valence-electron chi connectivity index (χ2n) is 4.08. The quantitative estimate of drug-likeness (QED) is 0.500. The lowest BCUT2D eigenvalue weighted by Crippen LogP contribution is -2.42. The van der Waals surface area contributed by atoms with Crippen LogP contribution in [-0.2, 0) is 13.1 Å². The lowest BCUT2D eigenvalue weighted by molar-refractivity contribution is 0.325. The molecule has 0 spiro atoms. The van der Waals surface area contributed by atoms with Crippen molar-refractivity contribution in [3.05, 3.63) is 12.2 Å². The first-order chi connectivity index (χ1) is 7.33. The van der Waals surface area contributed by atoms with E-state index in [1.807, 2.05) is 0 Å². The van der Waals surface area contributed by atoms with Crippen molar-refractivity contribution in [1.29, 1.82) is 0 Å². The van der Waals surface area contributed by atoms with Crippen molar-refractivity contribution in [3.8, 4) is 0 Å². The van der Waals surface area contributed by atoms with E-state index in [0.717, 1.165) is 25.5 Å². The standard InChI is InChI=1S/C9H14N6/c10-9(12-7-1-2-7)14-3-4-15-6-11-13-8(15)5-14/h6-7H,1-5H2,(H2,10,12). The Morgan fingerprint density at radius 3 is 3.13 bits per heavy atom. The highest BCUT2D eigenvalue weighted by Crippen LogP contribution is 2.23. The molecule has 2 N–H and O–H groups in total. The monoisotopic (exact) mass is 206 g/mol. The van der Waals surface area contributed by atoms with Crippen molar-refractivity contribution in [2.24, 2.45) is 10.7 Å². The largest absolute Gasteiger partial charge is 0.370 e. The third-order valence-electron chi connectivity index (χ3n) is 2.82. The summed E-state index contributed by atoms with van der Waals surface area (Å²) < 4.78 is 2.06. The van der Waals surface area contributed by atoms with Crippen LogP contribution in [-0.4, -0.2) is 38.2 Å². The number of rotatable bonds is 1.